The molecule has 0 amide bonds. The second-order valence-corrected chi connectivity index (χ2v) is 5.27. The number of carboxylic acids is 1. The van der Waals surface area contributed by atoms with Crippen molar-refractivity contribution in [1.82, 2.24) is 0 Å². The van der Waals surface area contributed by atoms with Crippen LogP contribution in [-0.2, 0) is 4.79 Å². The molecule has 0 heterocycles. The number of halogens is 1. The van der Waals surface area contributed by atoms with Crippen molar-refractivity contribution in [3.63, 3.8) is 0 Å². The Morgan fingerprint density at radius 1 is 0.864 bits per heavy atom. The lowest BCUT2D eigenvalue weighted by Crippen LogP contribution is -2.02. The van der Waals surface area contributed by atoms with Crippen LogP contribution < -0.4 is 0 Å². The molecule has 0 aliphatic carbocycles. The molecule has 6 heteroatoms. The third-order valence-electron chi connectivity index (χ3n) is 2.34. The monoisotopic (exact) mass is 336 g/mol. The van der Waals surface area contributed by atoms with Gasteiger partial charge in [-0.3, -0.25) is 14.4 Å². The van der Waals surface area contributed by atoms with Crippen molar-refractivity contribution in [2.24, 2.45) is 0 Å². The molecule has 0 atom stereocenters. The molecule has 2 aromatic rings. The first-order chi connectivity index (χ1) is 10.5. The lowest BCUT2D eigenvalue weighted by atomic mass is 10.2. The normalized spacial score (nSPS) is 9.32. The van der Waals surface area contributed by atoms with Gasteiger partial charge in [0.05, 0.1) is 5.75 Å². The summed E-state index contributed by atoms with van der Waals surface area (Å²) in [5, 5.41) is 7.72. The first-order valence-electron chi connectivity index (χ1n) is 6.19. The van der Waals surface area contributed by atoms with E-state index in [0.29, 0.717) is 11.1 Å². The van der Waals surface area contributed by atoms with Gasteiger partial charge in [-0.1, -0.05) is 72.4 Å². The Hall–Kier alpha value is -2.11. The zero-order chi connectivity index (χ0) is 16.4. The topological polar surface area (TPSA) is 71.4 Å². The minimum atomic E-state index is -0.978. The van der Waals surface area contributed by atoms with Crippen LogP contribution in [0.2, 0.25) is 0 Å². The predicted octanol–water partition coefficient (Wildman–Crippen LogP) is 3.71. The second-order valence-electron chi connectivity index (χ2n) is 3.98. The Morgan fingerprint density at radius 2 is 1.32 bits per heavy atom. The van der Waals surface area contributed by atoms with Crippen molar-refractivity contribution in [3.8, 4) is 0 Å². The first kappa shape index (κ1) is 17.9. The van der Waals surface area contributed by atoms with Crippen LogP contribution in [0.1, 0.15) is 20.7 Å². The van der Waals surface area contributed by atoms with Gasteiger partial charge < -0.3 is 5.11 Å². The summed E-state index contributed by atoms with van der Waals surface area (Å²) in [6, 6.07) is 17.4. The number of aliphatic carboxylic acids is 1. The van der Waals surface area contributed by atoms with Crippen LogP contribution in [0.5, 0.6) is 0 Å². The van der Waals surface area contributed by atoms with Gasteiger partial charge in [-0.15, -0.1) is 0 Å². The highest BCUT2D eigenvalue weighted by atomic mass is 35.5. The van der Waals surface area contributed by atoms with E-state index in [0.717, 1.165) is 11.8 Å². The predicted molar refractivity (Wildman–Crippen MR) is 87.5 cm³/mol. The van der Waals surface area contributed by atoms with Gasteiger partial charge in [0.25, 0.3) is 5.24 Å². The number of carboxylic acid groups (broad SMARTS) is 1. The SMILES string of the molecule is O=C(Cl)c1ccccc1.O=C(O)CSC(=O)c1ccccc1. The van der Waals surface area contributed by atoms with Crippen LogP contribution in [0.25, 0.3) is 0 Å². The first-order valence-corrected chi connectivity index (χ1v) is 7.56. The van der Waals surface area contributed by atoms with E-state index in [2.05, 4.69) is 0 Å². The molecule has 4 nitrogen and oxygen atoms in total. The molecule has 0 bridgehead atoms. The summed E-state index contributed by atoms with van der Waals surface area (Å²) in [6.45, 7) is 0. The molecule has 0 fully saturated rings. The summed E-state index contributed by atoms with van der Waals surface area (Å²) in [6.07, 6.45) is 0. The van der Waals surface area contributed by atoms with Gasteiger partial charge >= 0.3 is 5.97 Å². The summed E-state index contributed by atoms with van der Waals surface area (Å²) >= 11 is 5.96. The van der Waals surface area contributed by atoms with E-state index in [9.17, 15) is 14.4 Å². The highest BCUT2D eigenvalue weighted by molar-refractivity contribution is 8.14. The maximum atomic E-state index is 11.2. The maximum absolute atomic E-state index is 11.2. The molecule has 0 aliphatic rings. The van der Waals surface area contributed by atoms with Crippen molar-refractivity contribution in [2.75, 3.05) is 5.75 Å². The van der Waals surface area contributed by atoms with Gasteiger partial charge in [0.15, 0.2) is 0 Å². The van der Waals surface area contributed by atoms with Crippen LogP contribution in [0.4, 0.5) is 0 Å². The van der Waals surface area contributed by atoms with Crippen LogP contribution in [0, 0.1) is 0 Å². The second kappa shape index (κ2) is 9.76. The Kier molecular flexibility index (Phi) is 7.96. The van der Waals surface area contributed by atoms with Crippen LogP contribution >= 0.6 is 23.4 Å². The summed E-state index contributed by atoms with van der Waals surface area (Å²) in [7, 11) is 0. The van der Waals surface area contributed by atoms with Gasteiger partial charge in [0.1, 0.15) is 0 Å². The largest absolute Gasteiger partial charge is 0.481 e. The third-order valence-corrected chi connectivity index (χ3v) is 3.44. The van der Waals surface area contributed by atoms with E-state index >= 15 is 0 Å². The van der Waals surface area contributed by atoms with Gasteiger partial charge in [0, 0.05) is 11.1 Å². The van der Waals surface area contributed by atoms with E-state index in [4.69, 9.17) is 16.7 Å². The van der Waals surface area contributed by atoms with Crippen molar-refractivity contribution in [1.29, 1.82) is 0 Å². The number of benzene rings is 2. The molecular weight excluding hydrogens is 324 g/mol. The van der Waals surface area contributed by atoms with E-state index in [1.807, 2.05) is 6.07 Å². The van der Waals surface area contributed by atoms with Crippen molar-refractivity contribution >= 4 is 39.7 Å². The number of hydrogen-bond donors (Lipinski definition) is 1. The standard InChI is InChI=1S/C9H8O3S.C7H5ClO/c10-8(11)6-13-9(12)7-4-2-1-3-5-7;8-7(9)6-4-2-1-3-5-6/h1-5H,6H2,(H,10,11);1-5H. The fraction of sp³-hybridized carbons (Fsp3) is 0.0625. The lowest BCUT2D eigenvalue weighted by Gasteiger charge is -1.96. The Morgan fingerprint density at radius 3 is 1.68 bits per heavy atom. The average Bonchev–Trinajstić information content (AvgIpc) is 2.55. The van der Waals surface area contributed by atoms with Crippen LogP contribution in [0.15, 0.2) is 60.7 Å². The summed E-state index contributed by atoms with van der Waals surface area (Å²) in [5.41, 5.74) is 1.08. The Bertz CT molecular complexity index is 629. The zero-order valence-corrected chi connectivity index (χ0v) is 13.0. The fourth-order valence-corrected chi connectivity index (χ4v) is 2.04. The molecule has 0 spiro atoms. The minimum Gasteiger partial charge on any atom is -0.481 e. The Balaban J connectivity index is 0.000000235. The van der Waals surface area contributed by atoms with Crippen LogP contribution in [-0.4, -0.2) is 27.2 Å². The molecule has 0 unspecified atom stereocenters. The zero-order valence-electron chi connectivity index (χ0n) is 11.4. The highest BCUT2D eigenvalue weighted by Crippen LogP contribution is 2.11. The van der Waals surface area contributed by atoms with Crippen molar-refractivity contribution in [3.05, 3.63) is 71.8 Å². The van der Waals surface area contributed by atoms with Crippen molar-refractivity contribution in [2.45, 2.75) is 0 Å². The Labute approximate surface area is 137 Å². The molecule has 2 rings (SSSR count). The lowest BCUT2D eigenvalue weighted by molar-refractivity contribution is -0.133. The molecule has 22 heavy (non-hydrogen) atoms. The van der Waals surface area contributed by atoms with Gasteiger partial charge in [-0.05, 0) is 11.6 Å². The number of carbonyl (C=O) groups excluding carboxylic acids is 2. The van der Waals surface area contributed by atoms with Gasteiger partial charge in [-0.25, -0.2) is 0 Å². The van der Waals surface area contributed by atoms with E-state index in [-0.39, 0.29) is 10.9 Å². The van der Waals surface area contributed by atoms with E-state index in [1.54, 1.807) is 54.6 Å². The quantitative estimate of drug-likeness (QED) is 0.862. The molecule has 0 saturated carbocycles. The van der Waals surface area contributed by atoms with Gasteiger partial charge in [0.2, 0.25) is 5.12 Å². The smallest absolute Gasteiger partial charge is 0.313 e. The third kappa shape index (κ3) is 7.06. The average molecular weight is 337 g/mol. The van der Waals surface area contributed by atoms with Gasteiger partial charge in [-0.2, -0.15) is 0 Å². The molecule has 0 aromatic heterocycles. The maximum Gasteiger partial charge on any atom is 0.313 e. The summed E-state index contributed by atoms with van der Waals surface area (Å²) in [4.78, 5) is 31.8. The number of hydrogen-bond acceptors (Lipinski definition) is 4. The summed E-state index contributed by atoms with van der Waals surface area (Å²) < 4.78 is 0. The number of carbonyl (C=O) groups is 3. The molecular formula is C16H13ClO4S. The van der Waals surface area contributed by atoms with E-state index in [1.165, 1.54) is 0 Å². The molecule has 1 N–H and O–H groups in total. The molecule has 114 valence electrons. The molecule has 2 aromatic carbocycles. The fourth-order valence-electron chi connectivity index (χ4n) is 1.35. The minimum absolute atomic E-state index is 0.187. The highest BCUT2D eigenvalue weighted by Gasteiger charge is 2.07. The summed E-state index contributed by atoms with van der Waals surface area (Å²) in [5.74, 6) is -1.16. The number of rotatable bonds is 4. The molecule has 0 aliphatic heterocycles. The van der Waals surface area contributed by atoms with Crippen LogP contribution in [0.3, 0.4) is 0 Å². The van der Waals surface area contributed by atoms with E-state index < -0.39 is 11.2 Å². The molecule has 0 radical (unpaired) electrons. The molecule has 0 saturated heterocycles. The number of thioether (sulfide) groups is 1. The van der Waals surface area contributed by atoms with Crippen molar-refractivity contribution < 1.29 is 19.5 Å².